The summed E-state index contributed by atoms with van der Waals surface area (Å²) >= 11 is 0. The Kier molecular flexibility index (Phi) is 7.26. The highest BCUT2D eigenvalue weighted by molar-refractivity contribution is 7.89. The van der Waals surface area contributed by atoms with Gasteiger partial charge >= 0.3 is 5.97 Å². The van der Waals surface area contributed by atoms with Crippen LogP contribution in [0.1, 0.15) is 17.8 Å². The highest BCUT2D eigenvalue weighted by Crippen LogP contribution is 2.21. The maximum atomic E-state index is 12.3. The minimum absolute atomic E-state index is 0.131. The number of nitrogens with one attached hydrogen (secondary N) is 1. The summed E-state index contributed by atoms with van der Waals surface area (Å²) in [7, 11) is 1.19. The predicted molar refractivity (Wildman–Crippen MR) is 119 cm³/mol. The van der Waals surface area contributed by atoms with Crippen molar-refractivity contribution in [1.29, 1.82) is 0 Å². The van der Waals surface area contributed by atoms with Crippen LogP contribution in [0.15, 0.2) is 53.4 Å². The summed E-state index contributed by atoms with van der Waals surface area (Å²) in [6, 6.07) is 14.0. The van der Waals surface area contributed by atoms with Crippen molar-refractivity contribution >= 4 is 32.9 Å². The van der Waals surface area contributed by atoms with Gasteiger partial charge in [-0.1, -0.05) is 30.3 Å². The van der Waals surface area contributed by atoms with Crippen molar-refractivity contribution in [3.8, 4) is 0 Å². The number of aryl methyl sites for hydroxylation is 2. The van der Waals surface area contributed by atoms with E-state index in [1.165, 1.54) is 26.2 Å². The summed E-state index contributed by atoms with van der Waals surface area (Å²) < 4.78 is 32.8. The third-order valence-electron chi connectivity index (χ3n) is 4.97. The van der Waals surface area contributed by atoms with Gasteiger partial charge in [0.25, 0.3) is 0 Å². The Labute approximate surface area is 187 Å². The molecule has 0 aliphatic heterocycles. The van der Waals surface area contributed by atoms with Crippen molar-refractivity contribution in [2.45, 2.75) is 24.3 Å². The average molecular weight is 459 g/mol. The zero-order chi connectivity index (χ0) is 23.3. The van der Waals surface area contributed by atoms with Gasteiger partial charge in [0.2, 0.25) is 15.9 Å². The number of sulfonamides is 1. The molecule has 10 heteroatoms. The number of fused-ring (bicyclic) bond motifs is 1. The van der Waals surface area contributed by atoms with Crippen LogP contribution in [0.25, 0.3) is 11.0 Å². The van der Waals surface area contributed by atoms with Gasteiger partial charge < -0.3 is 14.6 Å². The van der Waals surface area contributed by atoms with Crippen LogP contribution in [-0.4, -0.2) is 54.8 Å². The van der Waals surface area contributed by atoms with Crippen molar-refractivity contribution in [2.75, 3.05) is 20.6 Å². The van der Waals surface area contributed by atoms with E-state index in [1.807, 2.05) is 41.9 Å². The molecule has 0 saturated carbocycles. The summed E-state index contributed by atoms with van der Waals surface area (Å²) in [5.74, 6) is -0.176. The number of rotatable bonds is 9. The smallest absolute Gasteiger partial charge is 0.325 e. The van der Waals surface area contributed by atoms with Crippen LogP contribution in [0, 0.1) is 0 Å². The van der Waals surface area contributed by atoms with Gasteiger partial charge in [-0.3, -0.25) is 9.59 Å². The van der Waals surface area contributed by atoms with E-state index in [9.17, 15) is 18.0 Å². The zero-order valence-electron chi connectivity index (χ0n) is 18.2. The maximum Gasteiger partial charge on any atom is 0.325 e. The molecule has 2 aromatic carbocycles. The molecule has 0 aliphatic carbocycles. The summed E-state index contributed by atoms with van der Waals surface area (Å²) in [6.07, 6.45) is 0.470. The van der Waals surface area contributed by atoms with E-state index in [1.54, 1.807) is 6.07 Å². The van der Waals surface area contributed by atoms with Crippen LogP contribution in [0.5, 0.6) is 0 Å². The number of carbonyl (C=O) groups excluding carboxylic acids is 2. The number of imidazole rings is 1. The molecule has 170 valence electrons. The molecule has 0 unspecified atom stereocenters. The molecule has 1 amide bonds. The molecule has 32 heavy (non-hydrogen) atoms. The van der Waals surface area contributed by atoms with E-state index in [2.05, 4.69) is 10.3 Å². The van der Waals surface area contributed by atoms with Gasteiger partial charge in [-0.15, -0.1) is 0 Å². The third kappa shape index (κ3) is 5.51. The number of amides is 1. The van der Waals surface area contributed by atoms with Gasteiger partial charge in [-0.05, 0) is 23.8 Å². The number of aromatic nitrogens is 2. The van der Waals surface area contributed by atoms with Crippen molar-refractivity contribution in [2.24, 2.45) is 7.05 Å². The summed E-state index contributed by atoms with van der Waals surface area (Å²) in [5, 5.41) is 2.55. The van der Waals surface area contributed by atoms with Crippen LogP contribution in [0.4, 0.5) is 0 Å². The molecule has 0 saturated heterocycles. The Morgan fingerprint density at radius 2 is 1.84 bits per heavy atom. The Hall–Kier alpha value is -3.24. The second-order valence-corrected chi connectivity index (χ2v) is 9.60. The lowest BCUT2D eigenvalue weighted by molar-refractivity contribution is -0.145. The number of benzene rings is 2. The molecule has 3 rings (SSSR count). The molecule has 0 spiro atoms. The molecule has 0 fully saturated rings. The molecule has 3 aromatic rings. The number of ether oxygens (including phenoxy) is 1. The van der Waals surface area contributed by atoms with Gasteiger partial charge in [0, 0.05) is 34.0 Å². The van der Waals surface area contributed by atoms with E-state index in [0.717, 1.165) is 15.4 Å². The minimum Gasteiger partial charge on any atom is -0.460 e. The fraction of sp³-hybridized carbons (Fsp3) is 0.318. The van der Waals surface area contributed by atoms with Gasteiger partial charge in [0.05, 0.1) is 15.9 Å². The van der Waals surface area contributed by atoms with Crippen LogP contribution in [0.3, 0.4) is 0 Å². The molecule has 0 atom stereocenters. The van der Waals surface area contributed by atoms with E-state index in [0.29, 0.717) is 17.8 Å². The predicted octanol–water partition coefficient (Wildman–Crippen LogP) is 1.62. The largest absolute Gasteiger partial charge is 0.460 e. The van der Waals surface area contributed by atoms with Crippen molar-refractivity contribution in [3.63, 3.8) is 0 Å². The van der Waals surface area contributed by atoms with Crippen LogP contribution in [0.2, 0.25) is 0 Å². The number of carbonyl (C=O) groups is 2. The van der Waals surface area contributed by atoms with Crippen LogP contribution in [-0.2, 0) is 44.4 Å². The number of nitrogens with zero attached hydrogens (tertiary/aromatic N) is 3. The number of esters is 1. The van der Waals surface area contributed by atoms with Crippen molar-refractivity contribution in [1.82, 2.24) is 19.2 Å². The van der Waals surface area contributed by atoms with Gasteiger partial charge in [0.15, 0.2) is 0 Å². The fourth-order valence-electron chi connectivity index (χ4n) is 3.10. The van der Waals surface area contributed by atoms with E-state index < -0.39 is 16.0 Å². The first-order chi connectivity index (χ1) is 15.2. The Balaban J connectivity index is 1.54. The Bertz CT molecular complexity index is 1220. The van der Waals surface area contributed by atoms with Crippen molar-refractivity contribution in [3.05, 3.63) is 59.9 Å². The normalized spacial score (nSPS) is 11.6. The first-order valence-corrected chi connectivity index (χ1v) is 11.5. The maximum absolute atomic E-state index is 12.3. The van der Waals surface area contributed by atoms with Gasteiger partial charge in [-0.2, -0.15) is 0 Å². The van der Waals surface area contributed by atoms with E-state index in [-0.39, 0.29) is 30.4 Å². The topological polar surface area (TPSA) is 111 Å². The van der Waals surface area contributed by atoms with E-state index in [4.69, 9.17) is 4.74 Å². The summed E-state index contributed by atoms with van der Waals surface area (Å²) in [4.78, 5) is 28.6. The molecule has 0 bridgehead atoms. The summed E-state index contributed by atoms with van der Waals surface area (Å²) in [5.41, 5.74) is 2.17. The van der Waals surface area contributed by atoms with Gasteiger partial charge in [0.1, 0.15) is 19.0 Å². The quantitative estimate of drug-likeness (QED) is 0.488. The highest BCUT2D eigenvalue weighted by atomic mass is 32.2. The molecule has 1 aromatic heterocycles. The first kappa shape index (κ1) is 23.4. The summed E-state index contributed by atoms with van der Waals surface area (Å²) in [6.45, 7) is -0.0547. The van der Waals surface area contributed by atoms with Crippen LogP contribution >= 0.6 is 0 Å². The molecular formula is C22H26N4O5S. The molecular weight excluding hydrogens is 432 g/mol. The monoisotopic (exact) mass is 458 g/mol. The fourth-order valence-corrected chi connectivity index (χ4v) is 4.02. The van der Waals surface area contributed by atoms with Crippen LogP contribution < -0.4 is 5.32 Å². The molecule has 0 aliphatic rings. The minimum atomic E-state index is -3.56. The SMILES string of the molecule is CN(C)S(=O)(=O)c1ccc2c(c1)nc(CCC(=O)NCC(=O)OCc1ccccc1)n2C. The standard InChI is InChI=1S/C22H26N4O5S/c1-25(2)32(29,30)17-9-10-19-18(13-17)24-20(26(19)3)11-12-21(27)23-14-22(28)31-15-16-7-5-4-6-8-16/h4-10,13H,11-12,14-15H2,1-3H3,(H,23,27). The lowest BCUT2D eigenvalue weighted by atomic mass is 10.2. The number of hydrogen-bond acceptors (Lipinski definition) is 6. The molecule has 1 heterocycles. The van der Waals surface area contributed by atoms with Crippen molar-refractivity contribution < 1.29 is 22.7 Å². The zero-order valence-corrected chi connectivity index (χ0v) is 19.1. The average Bonchev–Trinajstić information content (AvgIpc) is 3.10. The Morgan fingerprint density at radius 3 is 2.53 bits per heavy atom. The van der Waals surface area contributed by atoms with Gasteiger partial charge in [-0.25, -0.2) is 17.7 Å². The molecule has 1 N–H and O–H groups in total. The third-order valence-corrected chi connectivity index (χ3v) is 6.78. The number of hydrogen-bond donors (Lipinski definition) is 1. The molecule has 0 radical (unpaired) electrons. The Morgan fingerprint density at radius 1 is 1.12 bits per heavy atom. The van der Waals surface area contributed by atoms with E-state index >= 15 is 0 Å². The lowest BCUT2D eigenvalue weighted by Gasteiger charge is -2.10. The first-order valence-electron chi connectivity index (χ1n) is 10.0. The highest BCUT2D eigenvalue weighted by Gasteiger charge is 2.19. The second kappa shape index (κ2) is 9.92. The molecule has 9 nitrogen and oxygen atoms in total. The second-order valence-electron chi connectivity index (χ2n) is 7.45. The lowest BCUT2D eigenvalue weighted by Crippen LogP contribution is -2.30.